The van der Waals surface area contributed by atoms with Gasteiger partial charge in [-0.05, 0) is 66.9 Å². The molecule has 4 nitrogen and oxygen atoms in total. The van der Waals surface area contributed by atoms with E-state index < -0.39 is 11.7 Å². The van der Waals surface area contributed by atoms with Crippen LogP contribution >= 0.6 is 0 Å². The molecule has 0 bridgehead atoms. The summed E-state index contributed by atoms with van der Waals surface area (Å²) in [6.07, 6.45) is -2.82. The van der Waals surface area contributed by atoms with E-state index in [-0.39, 0.29) is 17.7 Å². The number of nitrogens with one attached hydrogen (secondary N) is 1. The minimum Gasteiger partial charge on any atom is -0.457 e. The van der Waals surface area contributed by atoms with Crippen molar-refractivity contribution >= 4 is 30.0 Å². The first-order chi connectivity index (χ1) is 15.7. The van der Waals surface area contributed by atoms with Crippen molar-refractivity contribution in [1.29, 1.82) is 0 Å². The molecule has 1 aromatic heterocycles. The number of hydrogen-bond donors (Lipinski definition) is 1. The number of rotatable bonds is 5. The van der Waals surface area contributed by atoms with Gasteiger partial charge in [0.25, 0.3) is 5.91 Å². The lowest BCUT2D eigenvalue weighted by molar-refractivity contribution is -0.137. The molecule has 0 saturated heterocycles. The van der Waals surface area contributed by atoms with Gasteiger partial charge >= 0.3 is 6.18 Å². The molecule has 2 radical (unpaired) electrons. The van der Waals surface area contributed by atoms with Crippen molar-refractivity contribution in [2.45, 2.75) is 19.1 Å². The first-order valence-corrected chi connectivity index (χ1v) is 10.1. The second-order valence-electron chi connectivity index (χ2n) is 7.53. The number of fused-ring (bicyclic) bond motifs is 1. The number of aromatic nitrogens is 1. The quantitative estimate of drug-likeness (QED) is 0.422. The van der Waals surface area contributed by atoms with Crippen molar-refractivity contribution < 1.29 is 22.7 Å². The molecule has 0 fully saturated rings. The number of alkyl halides is 3. The Balaban J connectivity index is 1.53. The van der Waals surface area contributed by atoms with E-state index in [2.05, 4.69) is 10.3 Å². The van der Waals surface area contributed by atoms with Crippen molar-refractivity contribution in [3.05, 3.63) is 95.8 Å². The molecule has 0 aliphatic carbocycles. The number of ether oxygens (including phenoxy) is 1. The number of nitrogens with zero attached hydrogens (tertiary/aromatic N) is 1. The Hall–Kier alpha value is -3.81. The minimum atomic E-state index is -4.41. The molecule has 4 rings (SSSR count). The molecule has 164 valence electrons. The molecule has 0 aliphatic rings. The van der Waals surface area contributed by atoms with Gasteiger partial charge in [-0.2, -0.15) is 13.2 Å². The van der Waals surface area contributed by atoms with Gasteiger partial charge in [0.05, 0.1) is 17.3 Å². The zero-order valence-electron chi connectivity index (χ0n) is 17.6. The zero-order chi connectivity index (χ0) is 23.6. The Morgan fingerprint density at radius 1 is 1.03 bits per heavy atom. The number of pyridine rings is 1. The van der Waals surface area contributed by atoms with Crippen LogP contribution in [0.5, 0.6) is 11.5 Å². The van der Waals surface area contributed by atoms with Crippen LogP contribution in [0.25, 0.3) is 10.8 Å². The maximum absolute atomic E-state index is 12.8. The lowest BCUT2D eigenvalue weighted by atomic mass is 9.96. The summed E-state index contributed by atoms with van der Waals surface area (Å²) < 4.78 is 44.1. The molecular formula is C25H18BF3N2O2. The molecule has 1 N–H and O–H groups in total. The summed E-state index contributed by atoms with van der Waals surface area (Å²) in [6.45, 7) is 1.82. The van der Waals surface area contributed by atoms with Crippen LogP contribution in [-0.4, -0.2) is 18.7 Å². The van der Waals surface area contributed by atoms with E-state index in [9.17, 15) is 18.0 Å². The maximum Gasteiger partial charge on any atom is 0.416 e. The van der Waals surface area contributed by atoms with E-state index in [0.29, 0.717) is 22.5 Å². The molecular weight excluding hydrogens is 428 g/mol. The monoisotopic (exact) mass is 446 g/mol. The summed E-state index contributed by atoms with van der Waals surface area (Å²) in [5, 5.41) is 4.37. The largest absolute Gasteiger partial charge is 0.457 e. The highest BCUT2D eigenvalue weighted by atomic mass is 19.4. The third-order valence-electron chi connectivity index (χ3n) is 5.11. The fraction of sp³-hybridized carbons (Fsp3) is 0.120. The number of carbonyl (C=O) groups excluding carboxylic acids is 1. The van der Waals surface area contributed by atoms with Gasteiger partial charge in [-0.3, -0.25) is 9.78 Å². The van der Waals surface area contributed by atoms with Crippen molar-refractivity contribution in [3.8, 4) is 11.5 Å². The molecule has 1 heterocycles. The molecule has 3 aromatic carbocycles. The summed E-state index contributed by atoms with van der Waals surface area (Å²) in [4.78, 5) is 17.0. The number of benzene rings is 3. The highest BCUT2D eigenvalue weighted by Gasteiger charge is 2.30. The van der Waals surface area contributed by atoms with Gasteiger partial charge in [0.15, 0.2) is 0 Å². The molecule has 1 unspecified atom stereocenters. The van der Waals surface area contributed by atoms with Crippen LogP contribution in [0.3, 0.4) is 0 Å². The summed E-state index contributed by atoms with van der Waals surface area (Å²) in [6, 6.07) is 18.0. The van der Waals surface area contributed by atoms with Gasteiger partial charge in [0.1, 0.15) is 19.3 Å². The van der Waals surface area contributed by atoms with Crippen molar-refractivity contribution in [1.82, 2.24) is 10.3 Å². The molecule has 4 aromatic rings. The Morgan fingerprint density at radius 2 is 1.79 bits per heavy atom. The highest BCUT2D eigenvalue weighted by molar-refractivity contribution is 6.32. The van der Waals surface area contributed by atoms with E-state index in [4.69, 9.17) is 12.6 Å². The minimum absolute atomic E-state index is 0.275. The third kappa shape index (κ3) is 5.17. The second kappa shape index (κ2) is 8.98. The van der Waals surface area contributed by atoms with Crippen LogP contribution in [0.2, 0.25) is 0 Å². The summed E-state index contributed by atoms with van der Waals surface area (Å²) in [5.74, 6) is 0.472. The summed E-state index contributed by atoms with van der Waals surface area (Å²) >= 11 is 0. The number of amides is 1. The number of carbonyl (C=O) groups is 1. The van der Waals surface area contributed by atoms with Gasteiger partial charge < -0.3 is 10.1 Å². The molecule has 0 saturated carbocycles. The molecule has 1 atom stereocenters. The Bertz CT molecular complexity index is 1310. The molecule has 1 amide bonds. The van der Waals surface area contributed by atoms with Crippen molar-refractivity contribution in [2.24, 2.45) is 0 Å². The van der Waals surface area contributed by atoms with Crippen molar-refractivity contribution in [3.63, 3.8) is 0 Å². The van der Waals surface area contributed by atoms with Crippen LogP contribution in [0.1, 0.15) is 34.6 Å². The van der Waals surface area contributed by atoms with E-state index in [1.54, 1.807) is 48.7 Å². The summed E-state index contributed by atoms with van der Waals surface area (Å²) in [5.41, 5.74) is 0.916. The average Bonchev–Trinajstić information content (AvgIpc) is 2.78. The summed E-state index contributed by atoms with van der Waals surface area (Å²) in [7, 11) is 5.78. The Kier molecular flexibility index (Phi) is 6.09. The van der Waals surface area contributed by atoms with Crippen LogP contribution in [0.4, 0.5) is 13.2 Å². The topological polar surface area (TPSA) is 51.2 Å². The molecule has 0 aliphatic heterocycles. The van der Waals surface area contributed by atoms with Crippen LogP contribution in [0, 0.1) is 0 Å². The fourth-order valence-corrected chi connectivity index (χ4v) is 3.38. The van der Waals surface area contributed by atoms with Crippen molar-refractivity contribution in [2.75, 3.05) is 0 Å². The van der Waals surface area contributed by atoms with Gasteiger partial charge in [-0.1, -0.05) is 23.7 Å². The fourth-order valence-electron chi connectivity index (χ4n) is 3.38. The van der Waals surface area contributed by atoms with E-state index >= 15 is 0 Å². The van der Waals surface area contributed by atoms with Crippen LogP contribution in [-0.2, 0) is 6.18 Å². The first-order valence-electron chi connectivity index (χ1n) is 10.1. The lowest BCUT2D eigenvalue weighted by Crippen LogP contribution is -2.27. The van der Waals surface area contributed by atoms with Gasteiger partial charge in [-0.25, -0.2) is 0 Å². The molecule has 33 heavy (non-hydrogen) atoms. The van der Waals surface area contributed by atoms with Crippen LogP contribution < -0.4 is 15.5 Å². The van der Waals surface area contributed by atoms with E-state index in [1.165, 1.54) is 12.1 Å². The second-order valence-corrected chi connectivity index (χ2v) is 7.53. The van der Waals surface area contributed by atoms with E-state index in [1.807, 2.05) is 13.0 Å². The smallest absolute Gasteiger partial charge is 0.416 e. The number of halogens is 3. The predicted octanol–water partition coefficient (Wildman–Crippen LogP) is 5.33. The van der Waals surface area contributed by atoms with Crippen LogP contribution in [0.15, 0.2) is 79.0 Å². The highest BCUT2D eigenvalue weighted by Crippen LogP contribution is 2.33. The van der Waals surface area contributed by atoms with E-state index in [0.717, 1.165) is 22.9 Å². The lowest BCUT2D eigenvalue weighted by Gasteiger charge is -2.15. The van der Waals surface area contributed by atoms with Gasteiger partial charge in [0, 0.05) is 17.1 Å². The first kappa shape index (κ1) is 22.4. The van der Waals surface area contributed by atoms with Gasteiger partial charge in [0.2, 0.25) is 0 Å². The zero-order valence-corrected chi connectivity index (χ0v) is 17.6. The molecule has 8 heteroatoms. The number of hydrogen-bond acceptors (Lipinski definition) is 3. The standard InChI is InChI=1S/C25H18BF3N2O2/c1-15(22-14-19(26)11-12-30-22)31-24(32)17-5-10-21-16(13-17)3-2-4-23(21)33-20-8-6-18(7-9-20)25(27,28)29/h2-15H,1H3,(H,31,32). The Labute approximate surface area is 189 Å². The normalized spacial score (nSPS) is 12.4. The SMILES string of the molecule is [B]c1ccnc(C(C)NC(=O)c2ccc3c(Oc4ccc(C(F)(F)F)cc4)cccc3c2)c1. The van der Waals surface area contributed by atoms with Gasteiger partial charge in [-0.15, -0.1) is 0 Å². The third-order valence-corrected chi connectivity index (χ3v) is 5.11. The average molecular weight is 446 g/mol. The maximum atomic E-state index is 12.8. The predicted molar refractivity (Wildman–Crippen MR) is 121 cm³/mol. The molecule has 0 spiro atoms. The Morgan fingerprint density at radius 3 is 2.48 bits per heavy atom.